The van der Waals surface area contributed by atoms with Crippen molar-refractivity contribution in [1.29, 1.82) is 0 Å². The number of benzene rings is 1. The average molecular weight is 374 g/mol. The first-order valence-corrected chi connectivity index (χ1v) is 10.1. The summed E-state index contributed by atoms with van der Waals surface area (Å²) in [6, 6.07) is 10.7. The molecule has 1 aliphatic heterocycles. The fraction of sp³-hybridized carbons (Fsp3) is 0.389. The summed E-state index contributed by atoms with van der Waals surface area (Å²) in [5.74, 6) is -0.103. The van der Waals surface area contributed by atoms with E-state index >= 15 is 0 Å². The lowest BCUT2D eigenvalue weighted by atomic mass is 9.80. The Hall–Kier alpha value is -1.90. The Balaban J connectivity index is 1.76. The summed E-state index contributed by atoms with van der Waals surface area (Å²) >= 11 is 0. The predicted molar refractivity (Wildman–Crippen MR) is 103 cm³/mol. The SMILES string of the molecule is CC1(C)OB(c2cncc(NS(=O)(=O)Cc3ccccc3)c2)OC1(C)C. The Bertz CT molecular complexity index is 869. The number of pyridine rings is 1. The molecule has 8 heteroatoms. The third-order valence-corrected chi connectivity index (χ3v) is 6.02. The van der Waals surface area contributed by atoms with Crippen molar-refractivity contribution in [3.63, 3.8) is 0 Å². The standard InChI is InChI=1S/C18H23BN2O4S/c1-17(2)18(3,4)25-19(24-17)15-10-16(12-20-11-15)21-26(22,23)13-14-8-6-5-7-9-14/h5-12,21H,13H2,1-4H3. The van der Waals surface area contributed by atoms with Crippen molar-refractivity contribution in [3.05, 3.63) is 54.4 Å². The Labute approximate surface area is 155 Å². The van der Waals surface area contributed by atoms with Gasteiger partial charge in [-0.25, -0.2) is 8.42 Å². The molecule has 0 unspecified atom stereocenters. The van der Waals surface area contributed by atoms with Gasteiger partial charge in [0.1, 0.15) is 0 Å². The molecule has 0 spiro atoms. The van der Waals surface area contributed by atoms with E-state index in [2.05, 4.69) is 9.71 Å². The quantitative estimate of drug-likeness (QED) is 0.813. The summed E-state index contributed by atoms with van der Waals surface area (Å²) in [4.78, 5) is 4.13. The zero-order valence-corrected chi connectivity index (χ0v) is 16.2. The zero-order valence-electron chi connectivity index (χ0n) is 15.4. The monoisotopic (exact) mass is 374 g/mol. The van der Waals surface area contributed by atoms with Crippen molar-refractivity contribution in [3.8, 4) is 0 Å². The lowest BCUT2D eigenvalue weighted by Gasteiger charge is -2.32. The highest BCUT2D eigenvalue weighted by molar-refractivity contribution is 7.91. The molecule has 0 saturated carbocycles. The minimum Gasteiger partial charge on any atom is -0.399 e. The van der Waals surface area contributed by atoms with E-state index in [4.69, 9.17) is 9.31 Å². The normalized spacial score (nSPS) is 18.7. The number of aromatic nitrogens is 1. The molecule has 1 fully saturated rings. The second kappa shape index (κ2) is 6.68. The van der Waals surface area contributed by atoms with Crippen LogP contribution in [0, 0.1) is 0 Å². The zero-order chi connectivity index (χ0) is 19.0. The fourth-order valence-electron chi connectivity index (χ4n) is 2.63. The summed E-state index contributed by atoms with van der Waals surface area (Å²) in [5, 5.41) is 0. The van der Waals surface area contributed by atoms with Gasteiger partial charge in [0.05, 0.1) is 28.8 Å². The molecule has 0 bridgehead atoms. The molecule has 1 aromatic carbocycles. The van der Waals surface area contributed by atoms with Gasteiger partial charge in [-0.05, 0) is 39.3 Å². The highest BCUT2D eigenvalue weighted by Gasteiger charge is 2.51. The molecule has 0 radical (unpaired) electrons. The number of nitrogens with zero attached hydrogens (tertiary/aromatic N) is 1. The molecule has 2 aromatic rings. The molecule has 3 rings (SSSR count). The van der Waals surface area contributed by atoms with Crippen LogP contribution in [-0.2, 0) is 25.1 Å². The van der Waals surface area contributed by atoms with Crippen molar-refractivity contribution in [1.82, 2.24) is 4.98 Å². The molecule has 26 heavy (non-hydrogen) atoms. The van der Waals surface area contributed by atoms with Crippen molar-refractivity contribution in [2.45, 2.75) is 44.6 Å². The van der Waals surface area contributed by atoms with Crippen LogP contribution in [0.3, 0.4) is 0 Å². The van der Waals surface area contributed by atoms with Gasteiger partial charge in [0.2, 0.25) is 10.0 Å². The highest BCUT2D eigenvalue weighted by Crippen LogP contribution is 2.36. The molecular formula is C18H23BN2O4S. The molecular weight excluding hydrogens is 351 g/mol. The maximum Gasteiger partial charge on any atom is 0.496 e. The minimum atomic E-state index is -3.55. The van der Waals surface area contributed by atoms with Gasteiger partial charge in [0.15, 0.2) is 0 Å². The third kappa shape index (κ3) is 4.08. The van der Waals surface area contributed by atoms with Gasteiger partial charge in [-0.15, -0.1) is 0 Å². The maximum atomic E-state index is 12.4. The van der Waals surface area contributed by atoms with Gasteiger partial charge in [-0.3, -0.25) is 9.71 Å². The topological polar surface area (TPSA) is 77.5 Å². The van der Waals surface area contributed by atoms with Crippen LogP contribution in [0.4, 0.5) is 5.69 Å². The van der Waals surface area contributed by atoms with E-state index in [9.17, 15) is 8.42 Å². The number of anilines is 1. The molecule has 1 saturated heterocycles. The number of nitrogens with one attached hydrogen (secondary N) is 1. The minimum absolute atomic E-state index is 0.103. The van der Waals surface area contributed by atoms with Crippen LogP contribution in [0.1, 0.15) is 33.3 Å². The van der Waals surface area contributed by atoms with E-state index in [0.29, 0.717) is 11.2 Å². The summed E-state index contributed by atoms with van der Waals surface area (Å²) in [7, 11) is -4.14. The summed E-state index contributed by atoms with van der Waals surface area (Å²) in [6.45, 7) is 7.86. The number of rotatable bonds is 5. The van der Waals surface area contributed by atoms with Gasteiger partial charge in [-0.2, -0.15) is 0 Å². The van der Waals surface area contributed by atoms with Crippen LogP contribution >= 0.6 is 0 Å². The maximum absolute atomic E-state index is 12.4. The van der Waals surface area contributed by atoms with Gasteiger partial charge in [0.25, 0.3) is 0 Å². The molecule has 2 heterocycles. The highest BCUT2D eigenvalue weighted by atomic mass is 32.2. The van der Waals surface area contributed by atoms with Crippen LogP contribution in [0.2, 0.25) is 0 Å². The van der Waals surface area contributed by atoms with Crippen molar-refractivity contribution in [2.75, 3.05) is 4.72 Å². The van der Waals surface area contributed by atoms with Crippen molar-refractivity contribution in [2.24, 2.45) is 0 Å². The van der Waals surface area contributed by atoms with Gasteiger partial charge in [-0.1, -0.05) is 30.3 Å². The second-order valence-corrected chi connectivity index (χ2v) is 9.16. The Morgan fingerprint density at radius 3 is 2.27 bits per heavy atom. The first-order valence-electron chi connectivity index (χ1n) is 8.43. The molecule has 6 nitrogen and oxygen atoms in total. The van der Waals surface area contributed by atoms with Gasteiger partial charge in [0, 0.05) is 11.7 Å². The molecule has 0 amide bonds. The number of hydrogen-bond acceptors (Lipinski definition) is 5. The summed E-state index contributed by atoms with van der Waals surface area (Å²) in [6.07, 6.45) is 3.09. The predicted octanol–water partition coefficient (Wildman–Crippen LogP) is 2.32. The number of sulfonamides is 1. The van der Waals surface area contributed by atoms with Crippen molar-refractivity contribution < 1.29 is 17.7 Å². The first-order chi connectivity index (χ1) is 12.1. The van der Waals surface area contributed by atoms with E-state index in [1.165, 1.54) is 6.20 Å². The van der Waals surface area contributed by atoms with E-state index < -0.39 is 28.3 Å². The Morgan fingerprint density at radius 1 is 1.04 bits per heavy atom. The van der Waals surface area contributed by atoms with E-state index in [1.807, 2.05) is 45.9 Å². The Morgan fingerprint density at radius 2 is 1.65 bits per heavy atom. The largest absolute Gasteiger partial charge is 0.496 e. The first kappa shape index (κ1) is 18.9. The number of hydrogen-bond donors (Lipinski definition) is 1. The third-order valence-electron chi connectivity index (χ3n) is 4.76. The summed E-state index contributed by atoms with van der Waals surface area (Å²) < 4.78 is 39.4. The molecule has 0 aliphatic carbocycles. The Kier molecular flexibility index (Phi) is 4.85. The fourth-order valence-corrected chi connectivity index (χ4v) is 3.81. The van der Waals surface area contributed by atoms with Gasteiger partial charge < -0.3 is 9.31 Å². The lowest BCUT2D eigenvalue weighted by Crippen LogP contribution is -2.41. The van der Waals surface area contributed by atoms with Crippen LogP contribution in [0.25, 0.3) is 0 Å². The lowest BCUT2D eigenvalue weighted by molar-refractivity contribution is 0.00578. The van der Waals surface area contributed by atoms with Crippen LogP contribution in [0.5, 0.6) is 0 Å². The summed E-state index contributed by atoms with van der Waals surface area (Å²) in [5.41, 5.74) is 0.827. The van der Waals surface area contributed by atoms with Crippen LogP contribution in [0.15, 0.2) is 48.8 Å². The molecule has 1 aromatic heterocycles. The van der Waals surface area contributed by atoms with Crippen LogP contribution < -0.4 is 10.2 Å². The molecule has 1 aliphatic rings. The average Bonchev–Trinajstić information content (AvgIpc) is 2.76. The molecule has 138 valence electrons. The van der Waals surface area contributed by atoms with E-state index in [-0.39, 0.29) is 5.75 Å². The van der Waals surface area contributed by atoms with Crippen LogP contribution in [-0.4, -0.2) is 31.7 Å². The molecule has 1 N–H and O–H groups in total. The van der Waals surface area contributed by atoms with Crippen molar-refractivity contribution >= 4 is 28.3 Å². The van der Waals surface area contributed by atoms with Gasteiger partial charge >= 0.3 is 7.12 Å². The molecule has 0 atom stereocenters. The second-order valence-electron chi connectivity index (χ2n) is 7.44. The smallest absolute Gasteiger partial charge is 0.399 e. The van der Waals surface area contributed by atoms with E-state index in [0.717, 1.165) is 5.56 Å². The van der Waals surface area contributed by atoms with E-state index in [1.54, 1.807) is 24.4 Å².